The van der Waals surface area contributed by atoms with Gasteiger partial charge < -0.3 is 14.3 Å². The highest BCUT2D eigenvalue weighted by atomic mass is 16.6. The molecule has 1 amide bonds. The minimum atomic E-state index is -0.683. The highest BCUT2D eigenvalue weighted by Crippen LogP contribution is 2.06. The van der Waals surface area contributed by atoms with Gasteiger partial charge >= 0.3 is 6.09 Å². The normalized spacial score (nSPS) is 11.5. The molecule has 1 atom stereocenters. The smallest absolute Gasteiger partial charge is 0.410 e. The molecular formula is C19H21NO4. The van der Waals surface area contributed by atoms with Crippen LogP contribution in [0.3, 0.4) is 0 Å². The summed E-state index contributed by atoms with van der Waals surface area (Å²) in [5.74, 6) is 0. The van der Waals surface area contributed by atoms with Crippen molar-refractivity contribution in [1.82, 2.24) is 4.90 Å². The molecule has 1 unspecified atom stereocenters. The lowest BCUT2D eigenvalue weighted by Crippen LogP contribution is -2.41. The fourth-order valence-electron chi connectivity index (χ4n) is 2.07. The maximum Gasteiger partial charge on any atom is 0.410 e. The van der Waals surface area contributed by atoms with Gasteiger partial charge in [-0.2, -0.15) is 0 Å². The monoisotopic (exact) mass is 327 g/mol. The van der Waals surface area contributed by atoms with Crippen molar-refractivity contribution in [3.63, 3.8) is 0 Å². The third-order valence-electron chi connectivity index (χ3n) is 3.55. The highest BCUT2D eigenvalue weighted by molar-refractivity contribution is 5.73. The van der Waals surface area contributed by atoms with Crippen molar-refractivity contribution >= 4 is 12.4 Å². The second-order valence-corrected chi connectivity index (χ2v) is 5.36. The molecule has 0 heterocycles. The Morgan fingerprint density at radius 1 is 1.00 bits per heavy atom. The Hall–Kier alpha value is -2.66. The molecule has 0 N–H and O–H groups in total. The van der Waals surface area contributed by atoms with E-state index in [-0.39, 0.29) is 13.2 Å². The number of rotatable bonds is 8. The van der Waals surface area contributed by atoms with Crippen LogP contribution in [0, 0.1) is 0 Å². The molecule has 0 spiro atoms. The maximum atomic E-state index is 12.0. The van der Waals surface area contributed by atoms with E-state index < -0.39 is 12.1 Å². The van der Waals surface area contributed by atoms with Gasteiger partial charge in [-0.05, 0) is 11.1 Å². The van der Waals surface area contributed by atoms with Gasteiger partial charge in [0.05, 0.1) is 13.2 Å². The standard InChI is InChI=1S/C19H21NO4/c1-20(19(22)24-14-17-10-6-3-7-11-17)18(12-21)15-23-13-16-8-4-2-5-9-16/h2-12,18H,13-15H2,1H3. The molecular weight excluding hydrogens is 306 g/mol. The van der Waals surface area contributed by atoms with Gasteiger partial charge in [-0.15, -0.1) is 0 Å². The summed E-state index contributed by atoms with van der Waals surface area (Å²) in [7, 11) is 1.53. The van der Waals surface area contributed by atoms with Gasteiger partial charge in [0.15, 0.2) is 0 Å². The molecule has 0 bridgehead atoms. The number of hydrogen-bond acceptors (Lipinski definition) is 4. The van der Waals surface area contributed by atoms with Gasteiger partial charge in [0, 0.05) is 7.05 Å². The van der Waals surface area contributed by atoms with E-state index in [1.54, 1.807) is 0 Å². The Morgan fingerprint density at radius 3 is 2.08 bits per heavy atom. The van der Waals surface area contributed by atoms with Crippen molar-refractivity contribution in [2.45, 2.75) is 19.3 Å². The molecule has 0 aliphatic rings. The fourth-order valence-corrected chi connectivity index (χ4v) is 2.07. The number of ether oxygens (including phenoxy) is 2. The quantitative estimate of drug-likeness (QED) is 0.699. The van der Waals surface area contributed by atoms with Crippen molar-refractivity contribution < 1.29 is 19.1 Å². The molecule has 0 saturated carbocycles. The largest absolute Gasteiger partial charge is 0.445 e. The van der Waals surface area contributed by atoms with Crippen LogP contribution < -0.4 is 0 Å². The predicted octanol–water partition coefficient (Wildman–Crippen LogP) is 3.04. The third-order valence-corrected chi connectivity index (χ3v) is 3.55. The summed E-state index contributed by atoms with van der Waals surface area (Å²) in [5.41, 5.74) is 1.90. The minimum Gasteiger partial charge on any atom is -0.445 e. The van der Waals surface area contributed by atoms with Gasteiger partial charge in [-0.1, -0.05) is 60.7 Å². The second kappa shape index (κ2) is 9.47. The number of carbonyl (C=O) groups is 2. The average Bonchev–Trinajstić information content (AvgIpc) is 2.64. The molecule has 5 heteroatoms. The molecule has 2 rings (SSSR count). The summed E-state index contributed by atoms with van der Waals surface area (Å²) in [4.78, 5) is 24.5. The van der Waals surface area contributed by atoms with Crippen molar-refractivity contribution in [2.75, 3.05) is 13.7 Å². The van der Waals surface area contributed by atoms with E-state index in [1.807, 2.05) is 60.7 Å². The van der Waals surface area contributed by atoms with E-state index in [0.717, 1.165) is 11.1 Å². The SMILES string of the molecule is CN(C(=O)OCc1ccccc1)C(C=O)COCc1ccccc1. The number of hydrogen-bond donors (Lipinski definition) is 0. The van der Waals surface area contributed by atoms with E-state index >= 15 is 0 Å². The summed E-state index contributed by atoms with van der Waals surface area (Å²) in [6.07, 6.45) is 0.133. The van der Waals surface area contributed by atoms with Crippen LogP contribution >= 0.6 is 0 Å². The van der Waals surface area contributed by atoms with E-state index in [0.29, 0.717) is 12.9 Å². The molecule has 0 aliphatic heterocycles. The number of benzene rings is 2. The molecule has 0 saturated heterocycles. The van der Waals surface area contributed by atoms with E-state index in [4.69, 9.17) is 9.47 Å². The van der Waals surface area contributed by atoms with Crippen LogP contribution in [0.4, 0.5) is 4.79 Å². The van der Waals surface area contributed by atoms with Gasteiger partial charge in [-0.25, -0.2) is 4.79 Å². The minimum absolute atomic E-state index is 0.120. The summed E-state index contributed by atoms with van der Waals surface area (Å²) in [6.45, 7) is 0.674. The molecule has 0 radical (unpaired) electrons. The van der Waals surface area contributed by atoms with Gasteiger partial charge in [0.1, 0.15) is 18.9 Å². The van der Waals surface area contributed by atoms with Crippen molar-refractivity contribution in [3.05, 3.63) is 71.8 Å². The van der Waals surface area contributed by atoms with Crippen molar-refractivity contribution in [2.24, 2.45) is 0 Å². The molecule has 0 aromatic heterocycles. The lowest BCUT2D eigenvalue weighted by Gasteiger charge is -2.23. The third kappa shape index (κ3) is 5.52. The summed E-state index contributed by atoms with van der Waals surface area (Å²) in [5, 5.41) is 0. The summed E-state index contributed by atoms with van der Waals surface area (Å²) >= 11 is 0. The van der Waals surface area contributed by atoms with Gasteiger partial charge in [0.25, 0.3) is 0 Å². The van der Waals surface area contributed by atoms with E-state index in [2.05, 4.69) is 0 Å². The van der Waals surface area contributed by atoms with Crippen LogP contribution in [0.15, 0.2) is 60.7 Å². The molecule has 0 aliphatic carbocycles. The number of carbonyl (C=O) groups excluding carboxylic acids is 2. The Bertz CT molecular complexity index is 630. The second-order valence-electron chi connectivity index (χ2n) is 5.36. The Morgan fingerprint density at radius 2 is 1.54 bits per heavy atom. The van der Waals surface area contributed by atoms with E-state index in [9.17, 15) is 9.59 Å². The number of nitrogens with zero attached hydrogens (tertiary/aromatic N) is 1. The van der Waals surface area contributed by atoms with Crippen LogP contribution in [-0.2, 0) is 27.5 Å². The zero-order valence-electron chi connectivity index (χ0n) is 13.6. The molecule has 0 fully saturated rings. The average molecular weight is 327 g/mol. The molecule has 24 heavy (non-hydrogen) atoms. The lowest BCUT2D eigenvalue weighted by molar-refractivity contribution is -0.113. The van der Waals surface area contributed by atoms with Crippen molar-refractivity contribution in [1.29, 1.82) is 0 Å². The zero-order chi connectivity index (χ0) is 17.2. The predicted molar refractivity (Wildman–Crippen MR) is 90.3 cm³/mol. The Balaban J connectivity index is 1.78. The fraction of sp³-hybridized carbons (Fsp3) is 0.263. The first-order valence-corrected chi connectivity index (χ1v) is 7.71. The van der Waals surface area contributed by atoms with Crippen LogP contribution in [0.25, 0.3) is 0 Å². The highest BCUT2D eigenvalue weighted by Gasteiger charge is 2.21. The van der Waals surface area contributed by atoms with E-state index in [1.165, 1.54) is 11.9 Å². The Kier molecular flexibility index (Phi) is 6.98. The number of likely N-dealkylation sites (N-methyl/N-ethyl adjacent to an activating group) is 1. The first kappa shape index (κ1) is 17.7. The topological polar surface area (TPSA) is 55.8 Å². The first-order valence-electron chi connectivity index (χ1n) is 7.71. The summed E-state index contributed by atoms with van der Waals surface area (Å²) < 4.78 is 10.7. The van der Waals surface area contributed by atoms with Crippen LogP contribution in [-0.4, -0.2) is 37.0 Å². The number of aldehydes is 1. The molecule has 2 aromatic carbocycles. The molecule has 5 nitrogen and oxygen atoms in total. The van der Waals surface area contributed by atoms with Crippen molar-refractivity contribution in [3.8, 4) is 0 Å². The Labute approximate surface area is 141 Å². The molecule has 126 valence electrons. The first-order chi connectivity index (χ1) is 11.7. The van der Waals surface area contributed by atoms with Crippen LogP contribution in [0.1, 0.15) is 11.1 Å². The summed E-state index contributed by atoms with van der Waals surface area (Å²) in [6, 6.07) is 18.3. The van der Waals surface area contributed by atoms with Crippen LogP contribution in [0.2, 0.25) is 0 Å². The zero-order valence-corrected chi connectivity index (χ0v) is 13.6. The van der Waals surface area contributed by atoms with Gasteiger partial charge in [-0.3, -0.25) is 4.90 Å². The lowest BCUT2D eigenvalue weighted by atomic mass is 10.2. The number of amides is 1. The maximum absolute atomic E-state index is 12.0. The van der Waals surface area contributed by atoms with Gasteiger partial charge in [0.2, 0.25) is 0 Å². The molecule has 2 aromatic rings. The van der Waals surface area contributed by atoms with Crippen LogP contribution in [0.5, 0.6) is 0 Å².